The number of aromatic hydroxyl groups is 1. The summed E-state index contributed by atoms with van der Waals surface area (Å²) in [6.45, 7) is 0. The molecule has 0 radical (unpaired) electrons. The number of fused-ring (bicyclic) bond motifs is 1. The van der Waals surface area contributed by atoms with Crippen LogP contribution >= 0.6 is 0 Å². The van der Waals surface area contributed by atoms with Gasteiger partial charge in [0.05, 0.1) is 12.7 Å². The number of halogens is 3. The molecule has 0 bridgehead atoms. The van der Waals surface area contributed by atoms with Crippen LogP contribution in [0.3, 0.4) is 0 Å². The first-order chi connectivity index (χ1) is 11.3. The van der Waals surface area contributed by atoms with Gasteiger partial charge in [0.2, 0.25) is 0 Å². The number of ether oxygens (including phenoxy) is 1. The van der Waals surface area contributed by atoms with Crippen molar-refractivity contribution in [2.24, 2.45) is 0 Å². The van der Waals surface area contributed by atoms with Crippen LogP contribution in [0.15, 0.2) is 36.4 Å². The SMILES string of the molecule is COc1cc(/C=C2/C(=O)Nc3cc(C(F)(F)F)ccc32)ccc1O. The molecule has 2 aromatic rings. The van der Waals surface area contributed by atoms with Crippen molar-refractivity contribution in [3.63, 3.8) is 0 Å². The van der Waals surface area contributed by atoms with E-state index in [1.807, 2.05) is 0 Å². The Kier molecular flexibility index (Phi) is 3.71. The normalized spacial score (nSPS) is 15.3. The standard InChI is InChI=1S/C17H12F3NO3/c1-24-15-7-9(2-5-14(15)22)6-12-11-4-3-10(17(18,19)20)8-13(11)21-16(12)23/h2-8,22H,1H3,(H,21,23)/b12-6+. The maximum atomic E-state index is 12.8. The van der Waals surface area contributed by atoms with Crippen LogP contribution in [0.5, 0.6) is 11.5 Å². The number of alkyl halides is 3. The molecule has 2 N–H and O–H groups in total. The topological polar surface area (TPSA) is 58.6 Å². The minimum Gasteiger partial charge on any atom is -0.504 e. The number of phenols is 1. The Morgan fingerprint density at radius 2 is 1.92 bits per heavy atom. The molecule has 0 aliphatic carbocycles. The van der Waals surface area contributed by atoms with Gasteiger partial charge in [0, 0.05) is 16.8 Å². The van der Waals surface area contributed by atoms with Crippen molar-refractivity contribution in [2.45, 2.75) is 6.18 Å². The summed E-state index contributed by atoms with van der Waals surface area (Å²) in [6.07, 6.45) is -2.95. The maximum Gasteiger partial charge on any atom is 0.416 e. The fourth-order valence-electron chi connectivity index (χ4n) is 2.46. The van der Waals surface area contributed by atoms with Crippen molar-refractivity contribution in [1.82, 2.24) is 0 Å². The lowest BCUT2D eigenvalue weighted by Crippen LogP contribution is -2.06. The molecule has 0 aromatic heterocycles. The van der Waals surface area contributed by atoms with E-state index < -0.39 is 17.6 Å². The zero-order chi connectivity index (χ0) is 17.5. The number of phenolic OH excluding ortho intramolecular Hbond substituents is 1. The molecule has 0 fully saturated rings. The Labute approximate surface area is 135 Å². The monoisotopic (exact) mass is 335 g/mol. The average Bonchev–Trinajstić information content (AvgIpc) is 2.83. The first-order valence-electron chi connectivity index (χ1n) is 6.91. The molecular formula is C17H12F3NO3. The van der Waals surface area contributed by atoms with E-state index in [1.165, 1.54) is 31.4 Å². The number of rotatable bonds is 2. The van der Waals surface area contributed by atoms with Crippen LogP contribution in [-0.4, -0.2) is 18.1 Å². The highest BCUT2D eigenvalue weighted by Gasteiger charge is 2.33. The number of anilines is 1. The highest BCUT2D eigenvalue weighted by Crippen LogP contribution is 2.38. The van der Waals surface area contributed by atoms with Crippen molar-refractivity contribution in [3.8, 4) is 11.5 Å². The Morgan fingerprint density at radius 3 is 2.58 bits per heavy atom. The zero-order valence-electron chi connectivity index (χ0n) is 12.4. The molecule has 0 saturated heterocycles. The number of nitrogens with one attached hydrogen (secondary N) is 1. The molecule has 7 heteroatoms. The van der Waals surface area contributed by atoms with Gasteiger partial charge in [0.15, 0.2) is 11.5 Å². The molecule has 0 unspecified atom stereocenters. The van der Waals surface area contributed by atoms with Crippen molar-refractivity contribution in [2.75, 3.05) is 12.4 Å². The molecule has 1 aliphatic rings. The average molecular weight is 335 g/mol. The van der Waals surface area contributed by atoms with Gasteiger partial charge in [-0.05, 0) is 35.9 Å². The Morgan fingerprint density at radius 1 is 1.17 bits per heavy atom. The fourth-order valence-corrected chi connectivity index (χ4v) is 2.46. The predicted molar refractivity (Wildman–Crippen MR) is 82.6 cm³/mol. The second-order valence-electron chi connectivity index (χ2n) is 5.20. The zero-order valence-corrected chi connectivity index (χ0v) is 12.4. The molecule has 3 rings (SSSR count). The number of amides is 1. The molecule has 0 spiro atoms. The van der Waals surface area contributed by atoms with E-state index in [0.717, 1.165) is 12.1 Å². The van der Waals surface area contributed by atoms with Gasteiger partial charge in [0.1, 0.15) is 0 Å². The lowest BCUT2D eigenvalue weighted by molar-refractivity contribution is -0.137. The highest BCUT2D eigenvalue weighted by atomic mass is 19.4. The molecule has 24 heavy (non-hydrogen) atoms. The van der Waals surface area contributed by atoms with Gasteiger partial charge in [0.25, 0.3) is 5.91 Å². The van der Waals surface area contributed by atoms with E-state index in [4.69, 9.17) is 4.74 Å². The molecular weight excluding hydrogens is 323 g/mol. The van der Waals surface area contributed by atoms with Gasteiger partial charge < -0.3 is 15.2 Å². The number of benzene rings is 2. The van der Waals surface area contributed by atoms with E-state index in [-0.39, 0.29) is 22.8 Å². The van der Waals surface area contributed by atoms with Crippen molar-refractivity contribution in [3.05, 3.63) is 53.1 Å². The maximum absolute atomic E-state index is 12.8. The molecule has 2 aromatic carbocycles. The molecule has 4 nitrogen and oxygen atoms in total. The lowest BCUT2D eigenvalue weighted by Gasteiger charge is -2.08. The van der Waals surface area contributed by atoms with Crippen LogP contribution in [0.1, 0.15) is 16.7 Å². The summed E-state index contributed by atoms with van der Waals surface area (Å²) in [5.41, 5.74) is 0.495. The second kappa shape index (κ2) is 5.59. The van der Waals surface area contributed by atoms with Crippen molar-refractivity contribution in [1.29, 1.82) is 0 Å². The number of carbonyl (C=O) groups is 1. The van der Waals surface area contributed by atoms with Crippen LogP contribution in [-0.2, 0) is 11.0 Å². The van der Waals surface area contributed by atoms with Gasteiger partial charge in [-0.1, -0.05) is 12.1 Å². The summed E-state index contributed by atoms with van der Waals surface area (Å²) in [7, 11) is 1.39. The Balaban J connectivity index is 2.04. The van der Waals surface area contributed by atoms with Gasteiger partial charge in [-0.2, -0.15) is 13.2 Å². The molecule has 0 saturated carbocycles. The third kappa shape index (κ3) is 2.80. The van der Waals surface area contributed by atoms with Gasteiger partial charge in [-0.15, -0.1) is 0 Å². The summed E-state index contributed by atoms with van der Waals surface area (Å²) in [5, 5.41) is 12.0. The van der Waals surface area contributed by atoms with E-state index in [9.17, 15) is 23.1 Å². The van der Waals surface area contributed by atoms with Gasteiger partial charge >= 0.3 is 6.18 Å². The molecule has 1 amide bonds. The van der Waals surface area contributed by atoms with Crippen LogP contribution in [0.25, 0.3) is 11.6 Å². The molecule has 1 aliphatic heterocycles. The first-order valence-corrected chi connectivity index (χ1v) is 6.91. The first kappa shape index (κ1) is 15.9. The number of hydrogen-bond donors (Lipinski definition) is 2. The molecule has 1 heterocycles. The van der Waals surface area contributed by atoms with Crippen molar-refractivity contribution < 1.29 is 27.8 Å². The summed E-state index contributed by atoms with van der Waals surface area (Å²) in [4.78, 5) is 12.1. The fraction of sp³-hybridized carbons (Fsp3) is 0.118. The summed E-state index contributed by atoms with van der Waals surface area (Å²) >= 11 is 0. The Hall–Kier alpha value is -2.96. The van der Waals surface area contributed by atoms with Gasteiger partial charge in [-0.3, -0.25) is 4.79 Å². The predicted octanol–water partition coefficient (Wildman–Crippen LogP) is 3.91. The third-order valence-corrected chi connectivity index (χ3v) is 3.64. The number of hydrogen-bond acceptors (Lipinski definition) is 3. The van der Waals surface area contributed by atoms with E-state index in [1.54, 1.807) is 6.07 Å². The quantitative estimate of drug-likeness (QED) is 0.818. The minimum absolute atomic E-state index is 0.0502. The van der Waals surface area contributed by atoms with Gasteiger partial charge in [-0.25, -0.2) is 0 Å². The number of carbonyl (C=O) groups excluding carboxylic acids is 1. The summed E-state index contributed by atoms with van der Waals surface area (Å²) < 4.78 is 43.3. The van der Waals surface area contributed by atoms with Crippen LogP contribution < -0.4 is 10.1 Å². The van der Waals surface area contributed by atoms with E-state index in [2.05, 4.69) is 5.32 Å². The van der Waals surface area contributed by atoms with Crippen LogP contribution in [0, 0.1) is 0 Å². The van der Waals surface area contributed by atoms with Crippen LogP contribution in [0.2, 0.25) is 0 Å². The Bertz CT molecular complexity index is 857. The van der Waals surface area contributed by atoms with Crippen molar-refractivity contribution >= 4 is 23.2 Å². The molecule has 0 atom stereocenters. The largest absolute Gasteiger partial charge is 0.504 e. The second-order valence-corrected chi connectivity index (χ2v) is 5.20. The van der Waals surface area contributed by atoms with E-state index >= 15 is 0 Å². The third-order valence-electron chi connectivity index (χ3n) is 3.64. The highest BCUT2D eigenvalue weighted by molar-refractivity contribution is 6.34. The summed E-state index contributed by atoms with van der Waals surface area (Å²) in [6, 6.07) is 7.61. The van der Waals surface area contributed by atoms with Crippen LogP contribution in [0.4, 0.5) is 18.9 Å². The summed E-state index contributed by atoms with van der Waals surface area (Å²) in [5.74, 6) is -0.308. The minimum atomic E-state index is -4.48. The lowest BCUT2D eigenvalue weighted by atomic mass is 10.0. The smallest absolute Gasteiger partial charge is 0.416 e. The number of methoxy groups -OCH3 is 1. The molecule has 124 valence electrons. The van der Waals surface area contributed by atoms with E-state index in [0.29, 0.717) is 11.1 Å².